The van der Waals surface area contributed by atoms with Gasteiger partial charge in [-0.1, -0.05) is 42.9 Å². The van der Waals surface area contributed by atoms with E-state index in [2.05, 4.69) is 5.09 Å². The maximum absolute atomic E-state index is 12.2. The number of aromatic hydroxyl groups is 1. The second-order valence-electron chi connectivity index (χ2n) is 8.94. The highest BCUT2D eigenvalue weighted by Crippen LogP contribution is 2.39. The predicted octanol–water partition coefficient (Wildman–Crippen LogP) is 5.28. The van der Waals surface area contributed by atoms with Gasteiger partial charge in [0.25, 0.3) is 0 Å². The fraction of sp³-hybridized carbons (Fsp3) is 0.429. The first-order valence-electron chi connectivity index (χ1n) is 12.3. The van der Waals surface area contributed by atoms with Crippen molar-refractivity contribution in [3.05, 3.63) is 75.6 Å². The quantitative estimate of drug-likeness (QED) is 0.214. The molecule has 200 valence electrons. The van der Waals surface area contributed by atoms with Gasteiger partial charge in [-0.15, -0.1) is 0 Å². The summed E-state index contributed by atoms with van der Waals surface area (Å²) in [6.45, 7) is 8.25. The minimum Gasteiger partial charge on any atom is -0.507 e. The van der Waals surface area contributed by atoms with Crippen LogP contribution in [0, 0.1) is 6.92 Å². The number of hydrogen-bond donors (Lipinski definition) is 2. The summed E-state index contributed by atoms with van der Waals surface area (Å²) in [5, 5.41) is 14.0. The predicted molar refractivity (Wildman–Crippen MR) is 143 cm³/mol. The summed E-state index contributed by atoms with van der Waals surface area (Å²) >= 11 is 0. The Morgan fingerprint density at radius 1 is 1.30 bits per heavy atom. The van der Waals surface area contributed by atoms with Crippen molar-refractivity contribution in [3.8, 4) is 5.75 Å². The van der Waals surface area contributed by atoms with Crippen LogP contribution >= 0.6 is 8.30 Å². The smallest absolute Gasteiger partial charge is 0.342 e. The number of methoxy groups -OCH3 is 1. The Hall–Kier alpha value is -2.93. The average Bonchev–Trinajstić information content (AvgIpc) is 3.09. The third-order valence-electron chi connectivity index (χ3n) is 6.27. The lowest BCUT2D eigenvalue weighted by molar-refractivity contribution is -0.142. The number of fused-ring (bicyclic) bond motifs is 1. The highest BCUT2D eigenvalue weighted by molar-refractivity contribution is 7.50. The van der Waals surface area contributed by atoms with Crippen LogP contribution in [0.5, 0.6) is 5.75 Å². The number of esters is 2. The minimum atomic E-state index is -1.31. The van der Waals surface area contributed by atoms with Gasteiger partial charge < -0.3 is 23.8 Å². The highest BCUT2D eigenvalue weighted by atomic mass is 31.2. The molecule has 0 amide bonds. The van der Waals surface area contributed by atoms with E-state index in [-0.39, 0.29) is 30.2 Å². The Morgan fingerprint density at radius 2 is 2.08 bits per heavy atom. The van der Waals surface area contributed by atoms with E-state index in [1.807, 2.05) is 57.2 Å². The largest absolute Gasteiger partial charge is 0.507 e. The maximum Gasteiger partial charge on any atom is 0.342 e. The molecule has 0 aromatic heterocycles. The van der Waals surface area contributed by atoms with Crippen molar-refractivity contribution >= 4 is 20.2 Å². The van der Waals surface area contributed by atoms with Gasteiger partial charge in [0.15, 0.2) is 8.30 Å². The van der Waals surface area contributed by atoms with Gasteiger partial charge in [0.1, 0.15) is 36.1 Å². The SMILES string of the molecule is CCc1c(C)c2c(c(O)c1C/C=C(\C)COCP(NC(C)C(=O)OC)OC1=CC=CC=CC1)C(=O)OC2. The maximum atomic E-state index is 12.2. The lowest BCUT2D eigenvalue weighted by Gasteiger charge is -2.23. The number of rotatable bonds is 12. The van der Waals surface area contributed by atoms with Crippen LogP contribution < -0.4 is 5.09 Å². The van der Waals surface area contributed by atoms with Crippen molar-refractivity contribution in [3.63, 3.8) is 0 Å². The van der Waals surface area contributed by atoms with Crippen LogP contribution in [0.15, 0.2) is 47.8 Å². The normalized spacial score (nSPS) is 16.5. The van der Waals surface area contributed by atoms with E-state index in [0.717, 1.165) is 40.0 Å². The van der Waals surface area contributed by atoms with E-state index in [1.54, 1.807) is 6.92 Å². The van der Waals surface area contributed by atoms with Gasteiger partial charge in [-0.3, -0.25) is 4.79 Å². The van der Waals surface area contributed by atoms with Gasteiger partial charge in [0.2, 0.25) is 0 Å². The minimum absolute atomic E-state index is 0.0163. The van der Waals surface area contributed by atoms with Crippen molar-refractivity contribution in [2.75, 3.05) is 20.1 Å². The summed E-state index contributed by atoms with van der Waals surface area (Å²) in [4.78, 5) is 24.1. The standard InChI is InChI=1S/C28H36NO7P/c1-6-22-19(3)24-16-35-28(32)25(24)26(30)23(22)14-13-18(2)15-34-17-37(29-20(4)27(31)33-5)36-21-11-9-7-8-10-12-21/h7-11,13,20,29-30H,6,12,14-17H2,1-5H3/b18-13+. The van der Waals surface area contributed by atoms with Crippen LogP contribution in [0.1, 0.15) is 59.8 Å². The molecule has 0 saturated carbocycles. The number of phenols is 1. The van der Waals surface area contributed by atoms with Crippen molar-refractivity contribution in [1.82, 2.24) is 5.09 Å². The fourth-order valence-electron chi connectivity index (χ4n) is 4.27. The van der Waals surface area contributed by atoms with Crippen molar-refractivity contribution in [2.24, 2.45) is 0 Å². The van der Waals surface area contributed by atoms with Gasteiger partial charge in [0.05, 0.1) is 13.7 Å². The molecular weight excluding hydrogens is 493 g/mol. The van der Waals surface area contributed by atoms with E-state index >= 15 is 0 Å². The number of phenolic OH excluding ortho intramolecular Hbond substituents is 1. The van der Waals surface area contributed by atoms with E-state index in [9.17, 15) is 14.7 Å². The molecule has 8 nitrogen and oxygen atoms in total. The zero-order valence-electron chi connectivity index (χ0n) is 22.1. The molecule has 0 spiro atoms. The topological polar surface area (TPSA) is 103 Å². The molecule has 0 bridgehead atoms. The molecule has 2 aliphatic rings. The van der Waals surface area contributed by atoms with Crippen LogP contribution in [0.3, 0.4) is 0 Å². The van der Waals surface area contributed by atoms with Gasteiger partial charge in [-0.05, 0) is 50.8 Å². The Labute approximate surface area is 219 Å². The first-order valence-corrected chi connectivity index (χ1v) is 13.8. The van der Waals surface area contributed by atoms with Gasteiger partial charge in [0, 0.05) is 17.5 Å². The Bertz CT molecular complexity index is 1140. The second kappa shape index (κ2) is 13.6. The Balaban J connectivity index is 1.65. The third-order valence-corrected chi connectivity index (χ3v) is 7.82. The number of carbonyl (C=O) groups is 2. The molecule has 2 N–H and O–H groups in total. The number of ether oxygens (including phenoxy) is 3. The molecule has 3 rings (SSSR count). The summed E-state index contributed by atoms with van der Waals surface area (Å²) in [5.74, 6) is -0.0468. The number of cyclic esters (lactones) is 1. The molecule has 2 unspecified atom stereocenters. The monoisotopic (exact) mass is 529 g/mol. The van der Waals surface area contributed by atoms with Crippen molar-refractivity contribution < 1.29 is 33.4 Å². The fourth-order valence-corrected chi connectivity index (χ4v) is 5.66. The van der Waals surface area contributed by atoms with Gasteiger partial charge >= 0.3 is 11.9 Å². The van der Waals surface area contributed by atoms with Crippen LogP contribution in [0.4, 0.5) is 0 Å². The van der Waals surface area contributed by atoms with Gasteiger partial charge in [-0.25, -0.2) is 9.88 Å². The summed E-state index contributed by atoms with van der Waals surface area (Å²) in [6.07, 6.45) is 13.8. The lowest BCUT2D eigenvalue weighted by atomic mass is 9.89. The Kier molecular flexibility index (Phi) is 10.5. The van der Waals surface area contributed by atoms with Crippen molar-refractivity contribution in [1.29, 1.82) is 0 Å². The summed E-state index contributed by atoms with van der Waals surface area (Å²) < 4.78 is 22.1. The number of carbonyl (C=O) groups excluding carboxylic acids is 2. The lowest BCUT2D eigenvalue weighted by Crippen LogP contribution is -2.32. The number of benzene rings is 1. The first kappa shape index (κ1) is 28.6. The third kappa shape index (κ3) is 7.31. The molecule has 1 aromatic carbocycles. The second-order valence-corrected chi connectivity index (χ2v) is 10.4. The molecule has 9 heteroatoms. The van der Waals surface area contributed by atoms with Crippen LogP contribution in [-0.4, -0.2) is 43.2 Å². The highest BCUT2D eigenvalue weighted by Gasteiger charge is 2.30. The summed E-state index contributed by atoms with van der Waals surface area (Å²) in [7, 11) is 0.0420. The number of nitrogens with one attached hydrogen (secondary N) is 1. The molecule has 2 atom stereocenters. The van der Waals surface area contributed by atoms with E-state index in [4.69, 9.17) is 18.7 Å². The molecule has 0 fully saturated rings. The van der Waals surface area contributed by atoms with Crippen LogP contribution in [-0.2, 0) is 43.0 Å². The molecule has 37 heavy (non-hydrogen) atoms. The molecule has 1 aliphatic heterocycles. The van der Waals surface area contributed by atoms with Crippen LogP contribution in [0.2, 0.25) is 0 Å². The van der Waals surface area contributed by atoms with Crippen LogP contribution in [0.25, 0.3) is 0 Å². The zero-order chi connectivity index (χ0) is 26.9. The zero-order valence-corrected chi connectivity index (χ0v) is 23.0. The van der Waals surface area contributed by atoms with Gasteiger partial charge in [-0.2, -0.15) is 0 Å². The molecule has 1 aliphatic carbocycles. The van der Waals surface area contributed by atoms with E-state index in [1.165, 1.54) is 7.11 Å². The molecule has 1 heterocycles. The van der Waals surface area contributed by atoms with E-state index < -0.39 is 20.3 Å². The summed E-state index contributed by atoms with van der Waals surface area (Å²) in [5.41, 5.74) is 4.83. The number of allylic oxidation sites excluding steroid dienone is 6. The average molecular weight is 530 g/mol. The number of hydrogen-bond acceptors (Lipinski definition) is 8. The first-order chi connectivity index (χ1) is 17.8. The molecule has 1 aromatic rings. The van der Waals surface area contributed by atoms with Crippen molar-refractivity contribution in [2.45, 2.75) is 59.6 Å². The summed E-state index contributed by atoms with van der Waals surface area (Å²) in [6, 6.07) is -0.543. The molecule has 0 saturated heterocycles. The molecule has 0 radical (unpaired) electrons. The van der Waals surface area contributed by atoms with E-state index in [0.29, 0.717) is 19.4 Å². The molecular formula is C28H36NO7P. The Morgan fingerprint density at radius 3 is 2.81 bits per heavy atom.